The van der Waals surface area contributed by atoms with E-state index in [-0.39, 0.29) is 0 Å². The molecule has 0 radical (unpaired) electrons. The van der Waals surface area contributed by atoms with Gasteiger partial charge in [-0.05, 0) is 72.2 Å². The van der Waals surface area contributed by atoms with Gasteiger partial charge in [-0.1, -0.05) is 77.3 Å². The van der Waals surface area contributed by atoms with Crippen molar-refractivity contribution >= 4 is 38.8 Å². The maximum absolute atomic E-state index is 3.89. The first-order chi connectivity index (χ1) is 16.9. The highest BCUT2D eigenvalue weighted by atomic mass is 32.1. The molecule has 0 atom stereocenters. The van der Waals surface area contributed by atoms with Crippen molar-refractivity contribution < 1.29 is 0 Å². The average Bonchev–Trinajstić information content (AvgIpc) is 3.42. The molecule has 0 aliphatic heterocycles. The van der Waals surface area contributed by atoms with Crippen LogP contribution in [0, 0.1) is 0 Å². The molecule has 0 amide bonds. The Morgan fingerprint density at radius 2 is 0.912 bits per heavy atom. The largest absolute Gasteiger partial charge is 0.311 e. The number of benzene rings is 4. The molecule has 0 unspecified atom stereocenters. The monoisotopic (exact) mass is 460 g/mol. The van der Waals surface area contributed by atoms with Crippen LogP contribution in [-0.2, 0) is 0 Å². The number of rotatable bonds is 3. The molecule has 2 aromatic heterocycles. The van der Waals surface area contributed by atoms with Gasteiger partial charge < -0.3 is 4.90 Å². The van der Waals surface area contributed by atoms with Crippen molar-refractivity contribution in [2.45, 2.75) is 0 Å². The minimum Gasteiger partial charge on any atom is -0.311 e. The van der Waals surface area contributed by atoms with E-state index in [0.717, 1.165) is 10.2 Å². The van der Waals surface area contributed by atoms with E-state index in [1.54, 1.807) is 12.4 Å². The summed E-state index contributed by atoms with van der Waals surface area (Å²) in [5, 5.41) is 3.89. The summed E-state index contributed by atoms with van der Waals surface area (Å²) in [6.45, 7) is 0. The van der Waals surface area contributed by atoms with E-state index in [2.05, 4.69) is 92.3 Å². The Bertz CT molecular complexity index is 1190. The highest BCUT2D eigenvalue weighted by Crippen LogP contribution is 2.33. The van der Waals surface area contributed by atoms with Crippen LogP contribution in [0.3, 0.4) is 0 Å². The summed E-state index contributed by atoms with van der Waals surface area (Å²) in [4.78, 5) is 6.03. The van der Waals surface area contributed by atoms with Crippen molar-refractivity contribution in [2.75, 3.05) is 4.90 Å². The SMILES string of the molecule is c1ccc(N(c2ccccc2)c2ccccc2)cc1.c1ccc2snnc2c1.c1ccncc1. The lowest BCUT2D eigenvalue weighted by atomic mass is 10.2. The van der Waals surface area contributed by atoms with Crippen molar-refractivity contribution in [3.63, 3.8) is 0 Å². The molecule has 0 saturated heterocycles. The molecule has 0 fully saturated rings. The third kappa shape index (κ3) is 6.58. The molecule has 6 rings (SSSR count). The van der Waals surface area contributed by atoms with E-state index < -0.39 is 0 Å². The summed E-state index contributed by atoms with van der Waals surface area (Å²) in [6.07, 6.45) is 3.50. The Balaban J connectivity index is 0.000000149. The highest BCUT2D eigenvalue weighted by Gasteiger charge is 2.10. The molecule has 0 bridgehead atoms. The molecule has 5 heteroatoms. The van der Waals surface area contributed by atoms with Crippen molar-refractivity contribution in [3.05, 3.63) is 146 Å². The first-order valence-electron chi connectivity index (χ1n) is 10.9. The second-order valence-electron chi connectivity index (χ2n) is 7.11. The molecule has 4 nitrogen and oxygen atoms in total. The van der Waals surface area contributed by atoms with Gasteiger partial charge in [0.15, 0.2) is 0 Å². The van der Waals surface area contributed by atoms with Gasteiger partial charge in [0.2, 0.25) is 0 Å². The first kappa shape index (κ1) is 22.8. The van der Waals surface area contributed by atoms with Crippen LogP contribution in [-0.4, -0.2) is 14.6 Å². The van der Waals surface area contributed by atoms with Crippen molar-refractivity contribution in [1.82, 2.24) is 14.6 Å². The Hall–Kier alpha value is -4.35. The molecule has 0 aliphatic carbocycles. The summed E-state index contributed by atoms with van der Waals surface area (Å²) < 4.78 is 4.94. The van der Waals surface area contributed by atoms with Crippen LogP contribution >= 0.6 is 11.5 Å². The van der Waals surface area contributed by atoms with Gasteiger partial charge in [0, 0.05) is 29.5 Å². The zero-order valence-electron chi connectivity index (χ0n) is 18.6. The van der Waals surface area contributed by atoms with E-state index in [4.69, 9.17) is 0 Å². The van der Waals surface area contributed by atoms with Crippen LogP contribution in [0.5, 0.6) is 0 Å². The van der Waals surface area contributed by atoms with E-state index in [1.807, 2.05) is 60.7 Å². The highest BCUT2D eigenvalue weighted by molar-refractivity contribution is 7.12. The molecule has 166 valence electrons. The maximum Gasteiger partial charge on any atom is 0.105 e. The van der Waals surface area contributed by atoms with E-state index in [0.29, 0.717) is 0 Å². The molecule has 0 aliphatic rings. The molecular weight excluding hydrogens is 436 g/mol. The van der Waals surface area contributed by atoms with Gasteiger partial charge in [0.05, 0.1) is 4.70 Å². The first-order valence-corrected chi connectivity index (χ1v) is 11.7. The van der Waals surface area contributed by atoms with Gasteiger partial charge in [0.25, 0.3) is 0 Å². The zero-order valence-corrected chi connectivity index (χ0v) is 19.4. The van der Waals surface area contributed by atoms with Crippen molar-refractivity contribution in [1.29, 1.82) is 0 Å². The minimum atomic E-state index is 0.988. The Labute approximate surface area is 204 Å². The minimum absolute atomic E-state index is 0.988. The molecule has 2 heterocycles. The average molecular weight is 461 g/mol. The van der Waals surface area contributed by atoms with Crippen molar-refractivity contribution in [3.8, 4) is 0 Å². The van der Waals surface area contributed by atoms with Crippen LogP contribution in [0.4, 0.5) is 17.1 Å². The smallest absolute Gasteiger partial charge is 0.105 e. The third-order valence-corrected chi connectivity index (χ3v) is 5.47. The van der Waals surface area contributed by atoms with E-state index in [1.165, 1.54) is 28.6 Å². The quantitative estimate of drug-likeness (QED) is 0.269. The van der Waals surface area contributed by atoms with Crippen LogP contribution in [0.1, 0.15) is 0 Å². The fraction of sp³-hybridized carbons (Fsp3) is 0. The lowest BCUT2D eigenvalue weighted by Crippen LogP contribution is -2.09. The Kier molecular flexibility index (Phi) is 8.48. The second-order valence-corrected chi connectivity index (χ2v) is 7.89. The molecular formula is C29H24N4S. The number of aromatic nitrogens is 3. The van der Waals surface area contributed by atoms with E-state index >= 15 is 0 Å². The number of hydrogen-bond donors (Lipinski definition) is 0. The van der Waals surface area contributed by atoms with Gasteiger partial charge in [0.1, 0.15) is 5.52 Å². The van der Waals surface area contributed by atoms with Gasteiger partial charge in [-0.2, -0.15) is 0 Å². The van der Waals surface area contributed by atoms with Crippen LogP contribution in [0.2, 0.25) is 0 Å². The lowest BCUT2D eigenvalue weighted by molar-refractivity contribution is 1.20. The molecule has 4 aromatic carbocycles. The summed E-state index contributed by atoms with van der Waals surface area (Å²) in [7, 11) is 0. The standard InChI is InChI=1S/C18H15N.C6H4N2S.C5H5N/c1-4-10-16(11-5-1)19(17-12-6-2-7-13-17)18-14-8-3-9-15-18;1-2-4-6-5(3-1)7-8-9-6;1-2-4-6-5-3-1/h1-15H;1-4H;1-5H. The van der Waals surface area contributed by atoms with E-state index in [9.17, 15) is 0 Å². The van der Waals surface area contributed by atoms with Crippen LogP contribution in [0.25, 0.3) is 10.2 Å². The van der Waals surface area contributed by atoms with Gasteiger partial charge in [-0.25, -0.2) is 0 Å². The summed E-state index contributed by atoms with van der Waals surface area (Å²) in [5.41, 5.74) is 4.49. The summed E-state index contributed by atoms with van der Waals surface area (Å²) in [6, 6.07) is 44.9. The zero-order chi connectivity index (χ0) is 23.3. The molecule has 6 aromatic rings. The second kappa shape index (κ2) is 12.6. The fourth-order valence-electron chi connectivity index (χ4n) is 3.22. The predicted octanol–water partition coefficient (Wildman–Crippen LogP) is 7.93. The fourth-order valence-corrected chi connectivity index (χ4v) is 3.77. The number of pyridine rings is 1. The number of anilines is 3. The third-order valence-electron chi connectivity index (χ3n) is 4.76. The van der Waals surface area contributed by atoms with Gasteiger partial charge in [-0.3, -0.25) is 4.98 Å². The topological polar surface area (TPSA) is 41.9 Å². The normalized spacial score (nSPS) is 9.76. The Morgan fingerprint density at radius 1 is 0.471 bits per heavy atom. The lowest BCUT2D eigenvalue weighted by Gasteiger charge is -2.25. The van der Waals surface area contributed by atoms with Gasteiger partial charge >= 0.3 is 0 Å². The van der Waals surface area contributed by atoms with Gasteiger partial charge in [-0.15, -0.1) is 5.10 Å². The summed E-state index contributed by atoms with van der Waals surface area (Å²) in [5.74, 6) is 0. The maximum atomic E-state index is 3.89. The molecule has 34 heavy (non-hydrogen) atoms. The number of nitrogens with zero attached hydrogens (tertiary/aromatic N) is 4. The summed E-state index contributed by atoms with van der Waals surface area (Å²) >= 11 is 1.43. The number of fused-ring (bicyclic) bond motifs is 1. The van der Waals surface area contributed by atoms with Crippen LogP contribution in [0.15, 0.2) is 146 Å². The predicted molar refractivity (Wildman–Crippen MR) is 143 cm³/mol. The number of para-hydroxylation sites is 3. The molecule has 0 N–H and O–H groups in total. The molecule has 0 spiro atoms. The Morgan fingerprint density at radius 3 is 1.32 bits per heavy atom. The van der Waals surface area contributed by atoms with Crippen LogP contribution < -0.4 is 4.90 Å². The number of hydrogen-bond acceptors (Lipinski definition) is 5. The molecule has 0 saturated carbocycles. The van der Waals surface area contributed by atoms with Crippen molar-refractivity contribution in [2.24, 2.45) is 0 Å².